The van der Waals surface area contributed by atoms with E-state index in [-0.39, 0.29) is 11.5 Å². The molecule has 0 bridgehead atoms. The molecule has 6 heteroatoms. The number of fused-ring (bicyclic) bond motifs is 1. The lowest BCUT2D eigenvalue weighted by Crippen LogP contribution is -2.02. The van der Waals surface area contributed by atoms with Crippen LogP contribution >= 0.6 is 0 Å². The molecule has 4 N–H and O–H groups in total. The first-order valence-electron chi connectivity index (χ1n) is 5.27. The molecule has 0 aliphatic heterocycles. The third kappa shape index (κ3) is 3.78. The Morgan fingerprint density at radius 1 is 1.06 bits per heavy atom. The molecule has 0 aromatic heterocycles. The fourth-order valence-electron chi connectivity index (χ4n) is 1.42. The molecule has 0 unspecified atom stereocenters. The topological polar surface area (TPSA) is 101 Å². The van der Waals surface area contributed by atoms with E-state index in [9.17, 15) is 8.42 Å². The number of rotatable bonds is 2. The molecule has 18 heavy (non-hydrogen) atoms. The minimum absolute atomic E-state index is 0.0457. The lowest BCUT2D eigenvalue weighted by Gasteiger charge is -2.02. The highest BCUT2D eigenvalue weighted by atomic mass is 32.2. The number of nitrogens with two attached hydrogens (primary N) is 1. The second-order valence-corrected chi connectivity index (χ2v) is 4.85. The van der Waals surface area contributed by atoms with E-state index in [1.165, 1.54) is 6.07 Å². The Morgan fingerprint density at radius 2 is 1.61 bits per heavy atom. The Bertz CT molecular complexity index is 603. The van der Waals surface area contributed by atoms with Gasteiger partial charge in [-0.1, -0.05) is 36.4 Å². The molecule has 0 fully saturated rings. The van der Waals surface area contributed by atoms with Gasteiger partial charge in [-0.2, -0.15) is 8.42 Å². The molecule has 0 spiro atoms. The van der Waals surface area contributed by atoms with Gasteiger partial charge in [0.1, 0.15) is 4.90 Å². The monoisotopic (exact) mass is 269 g/mol. The average Bonchev–Trinajstić information content (AvgIpc) is 2.37. The maximum absolute atomic E-state index is 11.0. The van der Waals surface area contributed by atoms with Gasteiger partial charge in [0.25, 0.3) is 10.1 Å². The van der Waals surface area contributed by atoms with E-state index >= 15 is 0 Å². The summed E-state index contributed by atoms with van der Waals surface area (Å²) in [6.45, 7) is 0.472. The van der Waals surface area contributed by atoms with Crippen LogP contribution in [0.5, 0.6) is 0 Å². The van der Waals surface area contributed by atoms with E-state index in [0.29, 0.717) is 11.9 Å². The summed E-state index contributed by atoms with van der Waals surface area (Å²) in [6, 6.07) is 11.8. The molecule has 0 amide bonds. The van der Waals surface area contributed by atoms with Crippen molar-refractivity contribution < 1.29 is 18.1 Å². The first kappa shape index (κ1) is 14.6. The largest absolute Gasteiger partial charge is 0.395 e. The van der Waals surface area contributed by atoms with Crippen LogP contribution in [0, 0.1) is 0 Å². The van der Waals surface area contributed by atoms with Crippen molar-refractivity contribution in [2.24, 2.45) is 5.73 Å². The third-order valence-electron chi connectivity index (χ3n) is 2.16. The van der Waals surface area contributed by atoms with Crippen molar-refractivity contribution in [1.82, 2.24) is 0 Å². The maximum atomic E-state index is 11.0. The molecule has 0 radical (unpaired) electrons. The highest BCUT2D eigenvalue weighted by molar-refractivity contribution is 7.86. The van der Waals surface area contributed by atoms with Gasteiger partial charge in [0.2, 0.25) is 0 Å². The third-order valence-corrected chi connectivity index (χ3v) is 3.07. The number of hydrogen-bond donors (Lipinski definition) is 3. The summed E-state index contributed by atoms with van der Waals surface area (Å²) in [6.07, 6.45) is 0. The number of benzene rings is 2. The highest BCUT2D eigenvalue weighted by Crippen LogP contribution is 2.21. The second kappa shape index (κ2) is 6.46. The Morgan fingerprint density at radius 3 is 2.17 bits per heavy atom. The van der Waals surface area contributed by atoms with Crippen LogP contribution in [0.15, 0.2) is 47.4 Å². The van der Waals surface area contributed by atoms with Gasteiger partial charge < -0.3 is 10.8 Å². The Balaban J connectivity index is 0.000000357. The van der Waals surface area contributed by atoms with Gasteiger partial charge in [-0.15, -0.1) is 0 Å². The summed E-state index contributed by atoms with van der Waals surface area (Å²) < 4.78 is 31.0. The zero-order valence-electron chi connectivity index (χ0n) is 9.65. The van der Waals surface area contributed by atoms with E-state index < -0.39 is 10.1 Å². The van der Waals surface area contributed by atoms with Gasteiger partial charge in [-0.05, 0) is 11.5 Å². The molecule has 0 heterocycles. The van der Waals surface area contributed by atoms with Crippen LogP contribution < -0.4 is 5.73 Å². The Kier molecular flexibility index (Phi) is 5.24. The zero-order chi connectivity index (χ0) is 13.6. The summed E-state index contributed by atoms with van der Waals surface area (Å²) in [4.78, 5) is -0.0457. The normalized spacial score (nSPS) is 10.8. The van der Waals surface area contributed by atoms with Gasteiger partial charge in [0.15, 0.2) is 0 Å². The highest BCUT2D eigenvalue weighted by Gasteiger charge is 2.12. The standard InChI is InChI=1S/C10H8O3S.C2H7NO/c11-14(12,13)10-7-3-5-8-4-1-2-6-9(8)10;3-1-2-4/h1-7H,(H,11,12,13);4H,1-3H2. The van der Waals surface area contributed by atoms with Crippen LogP contribution in [0.4, 0.5) is 0 Å². The van der Waals surface area contributed by atoms with Crippen molar-refractivity contribution in [3.8, 4) is 0 Å². The second-order valence-electron chi connectivity index (χ2n) is 3.46. The van der Waals surface area contributed by atoms with Crippen molar-refractivity contribution in [3.05, 3.63) is 42.5 Å². The fraction of sp³-hybridized carbons (Fsp3) is 0.167. The molecule has 0 aliphatic carbocycles. The van der Waals surface area contributed by atoms with Gasteiger partial charge in [-0.25, -0.2) is 0 Å². The van der Waals surface area contributed by atoms with E-state index in [0.717, 1.165) is 5.39 Å². The summed E-state index contributed by atoms with van der Waals surface area (Å²) >= 11 is 0. The smallest absolute Gasteiger partial charge is 0.295 e. The molecular weight excluding hydrogens is 254 g/mol. The summed E-state index contributed by atoms with van der Waals surface area (Å²) in [5.41, 5.74) is 4.78. The van der Waals surface area contributed by atoms with Crippen LogP contribution in [0.25, 0.3) is 10.8 Å². The van der Waals surface area contributed by atoms with Crippen LogP contribution in [-0.2, 0) is 10.1 Å². The first-order chi connectivity index (χ1) is 8.50. The summed E-state index contributed by atoms with van der Waals surface area (Å²) in [5.74, 6) is 0. The van der Waals surface area contributed by atoms with Gasteiger partial charge in [0, 0.05) is 11.9 Å². The number of hydrogen-bond acceptors (Lipinski definition) is 4. The quantitative estimate of drug-likeness (QED) is 0.707. The van der Waals surface area contributed by atoms with Crippen molar-refractivity contribution in [2.45, 2.75) is 4.90 Å². The van der Waals surface area contributed by atoms with Crippen molar-refractivity contribution in [2.75, 3.05) is 13.2 Å². The van der Waals surface area contributed by atoms with Gasteiger partial charge in [-0.3, -0.25) is 4.55 Å². The van der Waals surface area contributed by atoms with Crippen LogP contribution in [0.2, 0.25) is 0 Å². The number of aliphatic hydroxyl groups is 1. The fourth-order valence-corrected chi connectivity index (χ4v) is 2.13. The zero-order valence-corrected chi connectivity index (χ0v) is 10.5. The van der Waals surface area contributed by atoms with E-state index in [2.05, 4.69) is 0 Å². The predicted octanol–water partition coefficient (Wildman–Crippen LogP) is 1.02. The van der Waals surface area contributed by atoms with Crippen molar-refractivity contribution in [3.63, 3.8) is 0 Å². The lowest BCUT2D eigenvalue weighted by molar-refractivity contribution is 0.306. The van der Waals surface area contributed by atoms with E-state index in [1.54, 1.807) is 30.3 Å². The van der Waals surface area contributed by atoms with Crippen molar-refractivity contribution in [1.29, 1.82) is 0 Å². The van der Waals surface area contributed by atoms with Crippen LogP contribution in [0.1, 0.15) is 0 Å². The minimum Gasteiger partial charge on any atom is -0.395 e. The Hall–Kier alpha value is -1.47. The molecule has 2 aromatic carbocycles. The predicted molar refractivity (Wildman–Crippen MR) is 69.9 cm³/mol. The molecule has 0 atom stereocenters. The van der Waals surface area contributed by atoms with Crippen molar-refractivity contribution >= 4 is 20.9 Å². The molecule has 0 saturated carbocycles. The Labute approximate surface area is 106 Å². The SMILES string of the molecule is NCCO.O=S(=O)(O)c1cccc2ccccc12. The van der Waals surface area contributed by atoms with Gasteiger partial charge >= 0.3 is 0 Å². The maximum Gasteiger partial charge on any atom is 0.295 e. The molecule has 0 saturated heterocycles. The first-order valence-corrected chi connectivity index (χ1v) is 6.71. The summed E-state index contributed by atoms with van der Waals surface area (Å²) in [7, 11) is -4.13. The van der Waals surface area contributed by atoms with E-state index in [4.69, 9.17) is 15.4 Å². The molecule has 5 nitrogen and oxygen atoms in total. The van der Waals surface area contributed by atoms with Crippen LogP contribution in [0.3, 0.4) is 0 Å². The van der Waals surface area contributed by atoms with Crippen LogP contribution in [-0.4, -0.2) is 31.2 Å². The lowest BCUT2D eigenvalue weighted by atomic mass is 10.1. The molecule has 98 valence electrons. The minimum atomic E-state index is -4.13. The summed E-state index contributed by atoms with van der Waals surface area (Å²) in [5, 5.41) is 9.08. The average molecular weight is 269 g/mol. The number of aliphatic hydroxyl groups excluding tert-OH is 1. The molecule has 0 aliphatic rings. The molecule has 2 rings (SSSR count). The molecular formula is C12H15NO4S. The van der Waals surface area contributed by atoms with E-state index in [1.807, 2.05) is 6.07 Å². The molecule has 2 aromatic rings. The van der Waals surface area contributed by atoms with Gasteiger partial charge in [0.05, 0.1) is 6.61 Å².